The smallest absolute Gasteiger partial charge is 0.0928 e. The minimum Gasteiger partial charge on any atom is -0.396 e. The van der Waals surface area contributed by atoms with Crippen LogP contribution in [-0.2, 0) is 12.3 Å². The Bertz CT molecular complexity index is 359. The summed E-state index contributed by atoms with van der Waals surface area (Å²) < 4.78 is 0. The highest BCUT2D eigenvalue weighted by Gasteiger charge is 2.20. The lowest BCUT2D eigenvalue weighted by molar-refractivity contribution is 0.221. The minimum absolute atomic E-state index is 0.344. The van der Waals surface area contributed by atoms with Crippen molar-refractivity contribution in [3.63, 3.8) is 0 Å². The number of aliphatic hydroxyl groups excluding tert-OH is 1. The lowest BCUT2D eigenvalue weighted by atomic mass is 10.1. The summed E-state index contributed by atoms with van der Waals surface area (Å²) in [5.74, 6) is 1.03. The molecule has 3 nitrogen and oxygen atoms in total. The molecule has 102 valence electrons. The molecule has 0 amide bonds. The molecule has 0 aromatic carbocycles. The summed E-state index contributed by atoms with van der Waals surface area (Å²) in [6, 6.07) is 0. The Kier molecular flexibility index (Phi) is 5.89. The molecule has 0 spiro atoms. The first-order valence-corrected chi connectivity index (χ1v) is 8.05. The number of rotatable bonds is 7. The fourth-order valence-corrected chi connectivity index (χ4v) is 3.47. The minimum atomic E-state index is 0.344. The first-order valence-electron chi connectivity index (χ1n) is 6.64. The van der Waals surface area contributed by atoms with E-state index in [0.29, 0.717) is 18.4 Å². The number of nitrogens with zero attached hydrogens (tertiary/aromatic N) is 2. The molecule has 1 saturated heterocycles. The highest BCUT2D eigenvalue weighted by atomic mass is 35.5. The van der Waals surface area contributed by atoms with Crippen LogP contribution in [0.4, 0.5) is 0 Å². The van der Waals surface area contributed by atoms with Gasteiger partial charge in [-0.25, -0.2) is 4.98 Å². The maximum atomic E-state index is 9.09. The second kappa shape index (κ2) is 7.43. The van der Waals surface area contributed by atoms with E-state index < -0.39 is 0 Å². The molecule has 0 bridgehead atoms. The zero-order valence-corrected chi connectivity index (χ0v) is 12.2. The van der Waals surface area contributed by atoms with Crippen molar-refractivity contribution < 1.29 is 5.11 Å². The summed E-state index contributed by atoms with van der Waals surface area (Å²) >= 11 is 7.45. The normalized spacial score (nSPS) is 20.7. The van der Waals surface area contributed by atoms with Crippen LogP contribution in [0.5, 0.6) is 0 Å². The number of alkyl halides is 1. The molecule has 5 heteroatoms. The van der Waals surface area contributed by atoms with Gasteiger partial charge in [-0.15, -0.1) is 22.9 Å². The van der Waals surface area contributed by atoms with Gasteiger partial charge in [0, 0.05) is 18.5 Å². The van der Waals surface area contributed by atoms with Gasteiger partial charge in [0.05, 0.1) is 16.6 Å². The molecule has 1 unspecified atom stereocenters. The Balaban J connectivity index is 1.58. The van der Waals surface area contributed by atoms with E-state index in [1.54, 1.807) is 11.3 Å². The number of aromatic nitrogens is 1. The Morgan fingerprint density at radius 3 is 3.06 bits per heavy atom. The third kappa shape index (κ3) is 4.19. The van der Waals surface area contributed by atoms with E-state index in [0.717, 1.165) is 38.2 Å². The van der Waals surface area contributed by atoms with E-state index in [2.05, 4.69) is 15.3 Å². The molecule has 0 radical (unpaired) electrons. The molecule has 1 aromatic heterocycles. The van der Waals surface area contributed by atoms with E-state index in [1.165, 1.54) is 17.8 Å². The lowest BCUT2D eigenvalue weighted by Gasteiger charge is -2.14. The van der Waals surface area contributed by atoms with Crippen molar-refractivity contribution in [3.05, 3.63) is 16.1 Å². The summed E-state index contributed by atoms with van der Waals surface area (Å²) in [6.07, 6.45) is 4.63. The topological polar surface area (TPSA) is 36.4 Å². The van der Waals surface area contributed by atoms with Gasteiger partial charge in [0.2, 0.25) is 0 Å². The van der Waals surface area contributed by atoms with Gasteiger partial charge < -0.3 is 10.0 Å². The van der Waals surface area contributed by atoms with Crippen molar-refractivity contribution in [1.82, 2.24) is 9.88 Å². The van der Waals surface area contributed by atoms with Crippen LogP contribution >= 0.6 is 22.9 Å². The molecule has 1 N–H and O–H groups in total. The van der Waals surface area contributed by atoms with Crippen molar-refractivity contribution in [2.24, 2.45) is 5.92 Å². The highest BCUT2D eigenvalue weighted by molar-refractivity contribution is 7.09. The van der Waals surface area contributed by atoms with Gasteiger partial charge in [-0.3, -0.25) is 0 Å². The van der Waals surface area contributed by atoms with Crippen LogP contribution in [0.3, 0.4) is 0 Å². The number of unbranched alkanes of at least 4 members (excludes halogenated alkanes) is 1. The molecule has 18 heavy (non-hydrogen) atoms. The second-order valence-corrected chi connectivity index (χ2v) is 6.17. The summed E-state index contributed by atoms with van der Waals surface area (Å²) in [5, 5.41) is 12.3. The largest absolute Gasteiger partial charge is 0.396 e. The van der Waals surface area contributed by atoms with Crippen molar-refractivity contribution in [2.75, 3.05) is 26.2 Å². The Labute approximate surface area is 118 Å². The van der Waals surface area contributed by atoms with E-state index in [-0.39, 0.29) is 0 Å². The monoisotopic (exact) mass is 288 g/mol. The number of likely N-dealkylation sites (tertiary alicyclic amines) is 1. The predicted octanol–water partition coefficient (Wildman–Crippen LogP) is 2.52. The second-order valence-electron chi connectivity index (χ2n) is 4.96. The quantitative estimate of drug-likeness (QED) is 0.619. The molecular weight excluding hydrogens is 268 g/mol. The van der Waals surface area contributed by atoms with Gasteiger partial charge in [-0.2, -0.15) is 0 Å². The van der Waals surface area contributed by atoms with Gasteiger partial charge in [0.25, 0.3) is 0 Å². The van der Waals surface area contributed by atoms with Crippen molar-refractivity contribution in [1.29, 1.82) is 0 Å². The molecule has 0 aliphatic carbocycles. The maximum absolute atomic E-state index is 9.09. The molecule has 1 fully saturated rings. The zero-order chi connectivity index (χ0) is 12.8. The maximum Gasteiger partial charge on any atom is 0.0928 e. The summed E-state index contributed by atoms with van der Waals surface area (Å²) in [6.45, 7) is 3.73. The van der Waals surface area contributed by atoms with Gasteiger partial charge >= 0.3 is 0 Å². The molecule has 1 atom stereocenters. The molecule has 0 saturated carbocycles. The van der Waals surface area contributed by atoms with Crippen molar-refractivity contribution in [2.45, 2.75) is 31.6 Å². The fourth-order valence-electron chi connectivity index (χ4n) is 2.40. The van der Waals surface area contributed by atoms with Crippen LogP contribution in [-0.4, -0.2) is 41.2 Å². The first kappa shape index (κ1) is 14.3. The van der Waals surface area contributed by atoms with Crippen LogP contribution in [0.1, 0.15) is 30.0 Å². The molecule has 1 aliphatic heterocycles. The van der Waals surface area contributed by atoms with Crippen LogP contribution < -0.4 is 0 Å². The predicted molar refractivity (Wildman–Crippen MR) is 76.2 cm³/mol. The van der Waals surface area contributed by atoms with E-state index in [9.17, 15) is 0 Å². The Morgan fingerprint density at radius 2 is 2.39 bits per heavy atom. The first-order chi connectivity index (χ1) is 8.81. The van der Waals surface area contributed by atoms with Crippen LogP contribution in [0.2, 0.25) is 0 Å². The Morgan fingerprint density at radius 1 is 1.50 bits per heavy atom. The van der Waals surface area contributed by atoms with Gasteiger partial charge in [-0.1, -0.05) is 0 Å². The Hall–Kier alpha value is -0.160. The van der Waals surface area contributed by atoms with Gasteiger partial charge in [-0.05, 0) is 44.7 Å². The number of hydrogen-bond donors (Lipinski definition) is 1. The number of thiazole rings is 1. The molecule has 1 aromatic rings. The van der Waals surface area contributed by atoms with Crippen molar-refractivity contribution in [3.8, 4) is 0 Å². The number of halogens is 1. The summed E-state index contributed by atoms with van der Waals surface area (Å²) in [7, 11) is 0. The van der Waals surface area contributed by atoms with Crippen LogP contribution in [0.25, 0.3) is 0 Å². The van der Waals surface area contributed by atoms with Gasteiger partial charge in [0.15, 0.2) is 0 Å². The standard InChI is InChI=1S/C13H21ClN2OS/c14-7-12-10-18-13(15-12)3-1-2-5-16-6-4-11(8-16)9-17/h10-11,17H,1-9H2. The third-order valence-electron chi connectivity index (χ3n) is 3.48. The number of aliphatic hydroxyl groups is 1. The van der Waals surface area contributed by atoms with E-state index in [1.807, 2.05) is 0 Å². The average molecular weight is 289 g/mol. The van der Waals surface area contributed by atoms with Crippen molar-refractivity contribution >= 4 is 22.9 Å². The lowest BCUT2D eigenvalue weighted by Crippen LogP contribution is -2.22. The number of aryl methyl sites for hydroxylation is 1. The average Bonchev–Trinajstić information content (AvgIpc) is 3.03. The summed E-state index contributed by atoms with van der Waals surface area (Å²) in [4.78, 5) is 6.93. The molecular formula is C13H21ClN2OS. The van der Waals surface area contributed by atoms with Crippen LogP contribution in [0.15, 0.2) is 5.38 Å². The molecule has 2 rings (SSSR count). The SMILES string of the molecule is OCC1CCN(CCCCc2nc(CCl)cs2)C1. The van der Waals surface area contributed by atoms with Gasteiger partial charge in [0.1, 0.15) is 0 Å². The fraction of sp³-hybridized carbons (Fsp3) is 0.769. The van der Waals surface area contributed by atoms with Crippen LogP contribution in [0, 0.1) is 5.92 Å². The zero-order valence-electron chi connectivity index (χ0n) is 10.6. The molecule has 2 heterocycles. The molecule has 1 aliphatic rings. The number of hydrogen-bond acceptors (Lipinski definition) is 4. The van der Waals surface area contributed by atoms with E-state index >= 15 is 0 Å². The summed E-state index contributed by atoms with van der Waals surface area (Å²) in [5.41, 5.74) is 1.00. The van der Waals surface area contributed by atoms with E-state index in [4.69, 9.17) is 16.7 Å². The highest BCUT2D eigenvalue weighted by Crippen LogP contribution is 2.17. The third-order valence-corrected chi connectivity index (χ3v) is 4.71.